The molecule has 0 radical (unpaired) electrons. The lowest BCUT2D eigenvalue weighted by molar-refractivity contribution is 0.0560. The standard InChI is InChI=1S/C8H19BNO4P/c1-3-13-6-4-7(9)8(5-6)14-15(10,11)12-2/h6-8H,3-5,9H2,1-2H3,(H2,10,11). The molecule has 0 spiro atoms. The molecule has 4 unspecified atom stereocenters. The minimum atomic E-state index is -3.36. The van der Waals surface area contributed by atoms with Crippen LogP contribution in [0.15, 0.2) is 0 Å². The van der Waals surface area contributed by atoms with Gasteiger partial charge >= 0.3 is 7.74 Å². The number of rotatable bonds is 5. The summed E-state index contributed by atoms with van der Waals surface area (Å²) in [5, 5.41) is 7.38. The molecule has 88 valence electrons. The molecule has 15 heavy (non-hydrogen) atoms. The Bertz CT molecular complexity index is 253. The van der Waals surface area contributed by atoms with Crippen molar-refractivity contribution in [3.63, 3.8) is 0 Å². The van der Waals surface area contributed by atoms with E-state index in [9.17, 15) is 4.89 Å². The maximum atomic E-state index is 9.41. The van der Waals surface area contributed by atoms with E-state index in [1.807, 2.05) is 14.8 Å². The molecule has 0 aromatic rings. The van der Waals surface area contributed by atoms with Crippen LogP contribution in [-0.4, -0.2) is 38.7 Å². The molecule has 0 aromatic heterocycles. The average molecular weight is 235 g/mol. The summed E-state index contributed by atoms with van der Waals surface area (Å²) in [4.78, 5) is 9.41. The molecule has 1 aliphatic carbocycles. The highest BCUT2D eigenvalue weighted by Crippen LogP contribution is 2.49. The zero-order valence-electron chi connectivity index (χ0n) is 9.47. The van der Waals surface area contributed by atoms with Crippen LogP contribution < -0.4 is 0 Å². The van der Waals surface area contributed by atoms with Gasteiger partial charge in [-0.2, -0.15) is 0 Å². The Labute approximate surface area is 91.6 Å². The summed E-state index contributed by atoms with van der Waals surface area (Å²) in [6, 6.07) is 0. The van der Waals surface area contributed by atoms with Crippen LogP contribution in [0.3, 0.4) is 0 Å². The van der Waals surface area contributed by atoms with E-state index in [1.165, 1.54) is 7.11 Å². The highest BCUT2D eigenvalue weighted by Gasteiger charge is 2.35. The monoisotopic (exact) mass is 235 g/mol. The zero-order chi connectivity index (χ0) is 11.5. The quantitative estimate of drug-likeness (QED) is 0.553. The summed E-state index contributed by atoms with van der Waals surface area (Å²) in [7, 11) is -0.0279. The molecular weight excluding hydrogens is 216 g/mol. The van der Waals surface area contributed by atoms with E-state index in [-0.39, 0.29) is 12.2 Å². The van der Waals surface area contributed by atoms with Crippen LogP contribution in [0.1, 0.15) is 19.8 Å². The van der Waals surface area contributed by atoms with E-state index < -0.39 is 7.74 Å². The summed E-state index contributed by atoms with van der Waals surface area (Å²) in [6.07, 6.45) is 1.71. The van der Waals surface area contributed by atoms with E-state index in [0.29, 0.717) is 12.4 Å². The molecule has 1 aliphatic rings. The van der Waals surface area contributed by atoms with Crippen molar-refractivity contribution in [1.82, 2.24) is 0 Å². The molecule has 0 bridgehead atoms. The first-order valence-electron chi connectivity index (χ1n) is 5.21. The molecule has 1 saturated carbocycles. The number of ether oxygens (including phenoxy) is 1. The van der Waals surface area contributed by atoms with Gasteiger partial charge in [0.25, 0.3) is 0 Å². The SMILES string of the molecule is BC1CC(OCC)CC1OP(=N)(O)OC. The van der Waals surface area contributed by atoms with Gasteiger partial charge in [0.1, 0.15) is 7.85 Å². The maximum absolute atomic E-state index is 9.41. The third-order valence-corrected chi connectivity index (χ3v) is 3.74. The predicted molar refractivity (Wildman–Crippen MR) is 60.7 cm³/mol. The fourth-order valence-electron chi connectivity index (χ4n) is 1.90. The largest absolute Gasteiger partial charge is 0.378 e. The Kier molecular flexibility index (Phi) is 4.80. The number of hydrogen-bond acceptors (Lipinski definition) is 4. The molecule has 0 aromatic carbocycles. The Hall–Kier alpha value is 0.135. The smallest absolute Gasteiger partial charge is 0.349 e. The summed E-state index contributed by atoms with van der Waals surface area (Å²) >= 11 is 0. The van der Waals surface area contributed by atoms with Gasteiger partial charge < -0.3 is 18.7 Å². The average Bonchev–Trinajstić information content (AvgIpc) is 2.47. The first kappa shape index (κ1) is 13.2. The predicted octanol–water partition coefficient (Wildman–Crippen LogP) is 1.16. The van der Waals surface area contributed by atoms with E-state index in [2.05, 4.69) is 4.52 Å². The van der Waals surface area contributed by atoms with Gasteiger partial charge in [0, 0.05) is 13.7 Å². The Morgan fingerprint density at radius 1 is 1.53 bits per heavy atom. The van der Waals surface area contributed by atoms with E-state index in [1.54, 1.807) is 0 Å². The van der Waals surface area contributed by atoms with Gasteiger partial charge in [-0.3, -0.25) is 0 Å². The number of nitrogens with one attached hydrogen (secondary N) is 1. The van der Waals surface area contributed by atoms with Crippen LogP contribution in [0, 0.1) is 5.16 Å². The van der Waals surface area contributed by atoms with Crippen LogP contribution in [0.25, 0.3) is 0 Å². The molecular formula is C8H19BNO4P. The normalized spacial score (nSPS) is 35.3. The van der Waals surface area contributed by atoms with Crippen molar-refractivity contribution < 1.29 is 18.7 Å². The third kappa shape index (κ3) is 3.89. The van der Waals surface area contributed by atoms with Gasteiger partial charge in [0.05, 0.1) is 12.2 Å². The fourth-order valence-corrected chi connectivity index (χ4v) is 2.65. The first-order valence-corrected chi connectivity index (χ1v) is 6.79. The molecule has 0 heterocycles. The van der Waals surface area contributed by atoms with Crippen molar-refractivity contribution >= 4 is 15.6 Å². The highest BCUT2D eigenvalue weighted by molar-refractivity contribution is 7.48. The van der Waals surface area contributed by atoms with Crippen LogP contribution in [0.2, 0.25) is 5.82 Å². The maximum Gasteiger partial charge on any atom is 0.349 e. The zero-order valence-corrected chi connectivity index (χ0v) is 10.4. The molecule has 5 nitrogen and oxygen atoms in total. The van der Waals surface area contributed by atoms with Gasteiger partial charge in [0.2, 0.25) is 0 Å². The Morgan fingerprint density at radius 2 is 2.20 bits per heavy atom. The van der Waals surface area contributed by atoms with Gasteiger partial charge in [-0.05, 0) is 25.6 Å². The fraction of sp³-hybridized carbons (Fsp3) is 1.00. The Morgan fingerprint density at radius 3 is 2.73 bits per heavy atom. The topological polar surface area (TPSA) is 71.8 Å². The van der Waals surface area contributed by atoms with Crippen molar-refractivity contribution in [3.05, 3.63) is 0 Å². The van der Waals surface area contributed by atoms with Gasteiger partial charge in [-0.1, -0.05) is 0 Å². The molecule has 4 atom stereocenters. The van der Waals surface area contributed by atoms with Gasteiger partial charge in [-0.25, -0.2) is 5.16 Å². The molecule has 1 fully saturated rings. The van der Waals surface area contributed by atoms with Gasteiger partial charge in [0.15, 0.2) is 0 Å². The van der Waals surface area contributed by atoms with Crippen molar-refractivity contribution in [2.24, 2.45) is 0 Å². The summed E-state index contributed by atoms with van der Waals surface area (Å²) in [6.45, 7) is 2.65. The second-order valence-electron chi connectivity index (χ2n) is 3.87. The molecule has 2 N–H and O–H groups in total. The summed E-state index contributed by atoms with van der Waals surface area (Å²) < 4.78 is 15.4. The van der Waals surface area contributed by atoms with Crippen molar-refractivity contribution in [1.29, 1.82) is 5.16 Å². The van der Waals surface area contributed by atoms with E-state index >= 15 is 0 Å². The minimum absolute atomic E-state index is 0.127. The van der Waals surface area contributed by atoms with Crippen LogP contribution in [0.5, 0.6) is 0 Å². The molecule has 1 rings (SSSR count). The molecule has 0 saturated heterocycles. The molecule has 0 aliphatic heterocycles. The lowest BCUT2D eigenvalue weighted by Gasteiger charge is -2.21. The van der Waals surface area contributed by atoms with Crippen LogP contribution >= 0.6 is 7.74 Å². The second kappa shape index (κ2) is 5.46. The molecule has 0 amide bonds. The van der Waals surface area contributed by atoms with Crippen LogP contribution in [-0.2, 0) is 13.8 Å². The van der Waals surface area contributed by atoms with Crippen molar-refractivity contribution in [2.75, 3.05) is 13.7 Å². The second-order valence-corrected chi connectivity index (χ2v) is 5.49. The first-order chi connectivity index (χ1) is 6.98. The molecule has 7 heteroatoms. The summed E-state index contributed by atoms with van der Waals surface area (Å²) in [5.41, 5.74) is 0. The highest BCUT2D eigenvalue weighted by atomic mass is 31.2. The Balaban J connectivity index is 2.47. The number of hydrogen-bond donors (Lipinski definition) is 2. The minimum Gasteiger partial charge on any atom is -0.378 e. The van der Waals surface area contributed by atoms with Crippen molar-refractivity contribution in [3.8, 4) is 0 Å². The third-order valence-electron chi connectivity index (χ3n) is 2.69. The van der Waals surface area contributed by atoms with Gasteiger partial charge in [-0.15, -0.1) is 0 Å². The van der Waals surface area contributed by atoms with Crippen LogP contribution in [0.4, 0.5) is 0 Å². The van der Waals surface area contributed by atoms with E-state index in [0.717, 1.165) is 12.8 Å². The van der Waals surface area contributed by atoms with Crippen molar-refractivity contribution in [2.45, 2.75) is 37.8 Å². The lowest BCUT2D eigenvalue weighted by atomic mass is 9.84. The van der Waals surface area contributed by atoms with E-state index in [4.69, 9.17) is 14.4 Å². The lowest BCUT2D eigenvalue weighted by Crippen LogP contribution is -2.14. The summed E-state index contributed by atoms with van der Waals surface area (Å²) in [5.74, 6) is 0.300.